The van der Waals surface area contributed by atoms with Crippen LogP contribution < -0.4 is 5.56 Å². The Bertz CT molecular complexity index is 955. The maximum Gasteiger partial charge on any atom is 0.337 e. The van der Waals surface area contributed by atoms with Gasteiger partial charge in [0, 0.05) is 4.88 Å². The van der Waals surface area contributed by atoms with E-state index in [1.165, 1.54) is 7.11 Å². The summed E-state index contributed by atoms with van der Waals surface area (Å²) in [6, 6.07) is 8.99. The van der Waals surface area contributed by atoms with Gasteiger partial charge < -0.3 is 4.74 Å². The molecule has 6 heteroatoms. The van der Waals surface area contributed by atoms with Gasteiger partial charge in [-0.1, -0.05) is 19.1 Å². The van der Waals surface area contributed by atoms with Gasteiger partial charge in [0.2, 0.25) is 0 Å². The molecule has 3 rings (SSSR count). The summed E-state index contributed by atoms with van der Waals surface area (Å²) >= 11 is 1.57. The van der Waals surface area contributed by atoms with Crippen molar-refractivity contribution in [2.24, 2.45) is 0 Å². The van der Waals surface area contributed by atoms with Crippen LogP contribution in [0.5, 0.6) is 0 Å². The summed E-state index contributed by atoms with van der Waals surface area (Å²) in [7, 11) is 1.35. The van der Waals surface area contributed by atoms with E-state index in [-0.39, 0.29) is 11.5 Å². The van der Waals surface area contributed by atoms with Crippen LogP contribution in [0.25, 0.3) is 10.2 Å². The van der Waals surface area contributed by atoms with Crippen LogP contribution in [0.15, 0.2) is 35.1 Å². The first-order chi connectivity index (χ1) is 11.5. The fourth-order valence-corrected chi connectivity index (χ4v) is 3.58. The van der Waals surface area contributed by atoms with Crippen LogP contribution in [0.4, 0.5) is 0 Å². The Morgan fingerprint density at radius 3 is 2.62 bits per heavy atom. The number of carbonyl (C=O) groups excluding carboxylic acids is 1. The molecule has 0 unspecified atom stereocenters. The first-order valence-electron chi connectivity index (χ1n) is 7.70. The van der Waals surface area contributed by atoms with Gasteiger partial charge in [0.25, 0.3) is 5.56 Å². The molecule has 2 aromatic heterocycles. The van der Waals surface area contributed by atoms with Gasteiger partial charge in [-0.3, -0.25) is 9.36 Å². The molecule has 0 radical (unpaired) electrons. The molecule has 0 aliphatic rings. The van der Waals surface area contributed by atoms with Crippen molar-refractivity contribution in [3.05, 3.63) is 62.5 Å². The fraction of sp³-hybridized carbons (Fsp3) is 0.278. The van der Waals surface area contributed by atoms with E-state index in [9.17, 15) is 9.59 Å². The predicted octanol–water partition coefficient (Wildman–Crippen LogP) is 3.16. The minimum atomic E-state index is -0.372. The lowest BCUT2D eigenvalue weighted by Gasteiger charge is -2.10. The van der Waals surface area contributed by atoms with Crippen LogP contribution in [0.1, 0.15) is 33.5 Å². The Balaban J connectivity index is 1.97. The largest absolute Gasteiger partial charge is 0.465 e. The van der Waals surface area contributed by atoms with Crippen molar-refractivity contribution >= 4 is 27.5 Å². The van der Waals surface area contributed by atoms with Gasteiger partial charge >= 0.3 is 5.97 Å². The van der Waals surface area contributed by atoms with Crippen molar-refractivity contribution in [3.8, 4) is 0 Å². The molecule has 0 N–H and O–H groups in total. The third-order valence-corrected chi connectivity index (χ3v) is 5.13. The van der Waals surface area contributed by atoms with Gasteiger partial charge in [-0.15, -0.1) is 11.3 Å². The summed E-state index contributed by atoms with van der Waals surface area (Å²) in [5.41, 5.74) is 1.40. The molecule has 124 valence electrons. The Labute approximate surface area is 143 Å². The zero-order chi connectivity index (χ0) is 17.3. The Morgan fingerprint density at radius 2 is 2.00 bits per heavy atom. The highest BCUT2D eigenvalue weighted by atomic mass is 32.1. The third-order valence-electron chi connectivity index (χ3n) is 3.96. The monoisotopic (exact) mass is 342 g/mol. The molecule has 5 nitrogen and oxygen atoms in total. The van der Waals surface area contributed by atoms with Gasteiger partial charge in [0.15, 0.2) is 0 Å². The maximum absolute atomic E-state index is 12.8. The van der Waals surface area contributed by atoms with Crippen molar-refractivity contribution in [1.29, 1.82) is 0 Å². The van der Waals surface area contributed by atoms with Crippen LogP contribution in [-0.2, 0) is 17.7 Å². The lowest BCUT2D eigenvalue weighted by molar-refractivity contribution is 0.0600. The summed E-state index contributed by atoms with van der Waals surface area (Å²) in [5, 5.41) is 0.675. The number of carbonyl (C=O) groups is 1. The number of esters is 1. The number of aryl methyl sites for hydroxylation is 2. The average Bonchev–Trinajstić information content (AvgIpc) is 3.01. The molecule has 0 fully saturated rings. The van der Waals surface area contributed by atoms with Gasteiger partial charge in [-0.2, -0.15) is 0 Å². The first kappa shape index (κ1) is 16.4. The highest BCUT2D eigenvalue weighted by Gasteiger charge is 2.12. The Hall–Kier alpha value is -2.47. The summed E-state index contributed by atoms with van der Waals surface area (Å²) in [6.45, 7) is 4.33. The Kier molecular flexibility index (Phi) is 4.49. The number of hydrogen-bond acceptors (Lipinski definition) is 5. The normalized spacial score (nSPS) is 11.0. The number of hydrogen-bond donors (Lipinski definition) is 0. The molecule has 24 heavy (non-hydrogen) atoms. The molecule has 0 atom stereocenters. The SMILES string of the molecule is CCc1cc2c(=O)n(Cc3ccc(C(=O)OC)cc3)c(C)nc2s1. The highest BCUT2D eigenvalue weighted by molar-refractivity contribution is 7.18. The van der Waals surface area contributed by atoms with E-state index in [4.69, 9.17) is 4.74 Å². The molecule has 0 aliphatic carbocycles. The number of methoxy groups -OCH3 is 1. The number of aromatic nitrogens is 2. The molecule has 0 saturated carbocycles. The van der Waals surface area contributed by atoms with Crippen molar-refractivity contribution < 1.29 is 9.53 Å². The second-order valence-corrected chi connectivity index (χ2v) is 6.64. The van der Waals surface area contributed by atoms with E-state index in [1.807, 2.05) is 25.1 Å². The third kappa shape index (κ3) is 2.97. The number of nitrogens with zero attached hydrogens (tertiary/aromatic N) is 2. The molecule has 0 saturated heterocycles. The fourth-order valence-electron chi connectivity index (χ4n) is 2.57. The second-order valence-electron chi connectivity index (χ2n) is 5.52. The van der Waals surface area contributed by atoms with E-state index in [0.29, 0.717) is 23.3 Å². The zero-order valence-electron chi connectivity index (χ0n) is 13.8. The van der Waals surface area contributed by atoms with Crippen molar-refractivity contribution in [2.75, 3.05) is 7.11 Å². The highest BCUT2D eigenvalue weighted by Crippen LogP contribution is 2.22. The summed E-state index contributed by atoms with van der Waals surface area (Å²) in [6.07, 6.45) is 0.897. The molecular formula is C18H18N2O3S. The summed E-state index contributed by atoms with van der Waals surface area (Å²) < 4.78 is 6.36. The molecule has 1 aromatic carbocycles. The number of ether oxygens (including phenoxy) is 1. The van der Waals surface area contributed by atoms with Crippen molar-refractivity contribution in [1.82, 2.24) is 9.55 Å². The van der Waals surface area contributed by atoms with Crippen LogP contribution in [0, 0.1) is 6.92 Å². The van der Waals surface area contributed by atoms with Gasteiger partial charge in [0.05, 0.1) is 24.6 Å². The molecular weight excluding hydrogens is 324 g/mol. The van der Waals surface area contributed by atoms with Crippen molar-refractivity contribution in [3.63, 3.8) is 0 Å². The van der Waals surface area contributed by atoms with Crippen LogP contribution >= 0.6 is 11.3 Å². The van der Waals surface area contributed by atoms with Crippen LogP contribution in [-0.4, -0.2) is 22.6 Å². The van der Waals surface area contributed by atoms with E-state index in [1.54, 1.807) is 28.0 Å². The van der Waals surface area contributed by atoms with Crippen LogP contribution in [0.2, 0.25) is 0 Å². The number of benzene rings is 1. The van der Waals surface area contributed by atoms with E-state index in [2.05, 4.69) is 11.9 Å². The lowest BCUT2D eigenvalue weighted by Crippen LogP contribution is -2.23. The smallest absolute Gasteiger partial charge is 0.337 e. The standard InChI is InChI=1S/C18H18N2O3S/c1-4-14-9-15-16(24-14)19-11(2)20(17(15)21)10-12-5-7-13(8-6-12)18(22)23-3/h5-9H,4,10H2,1-3H3. The Morgan fingerprint density at radius 1 is 1.29 bits per heavy atom. The van der Waals surface area contributed by atoms with Crippen molar-refractivity contribution in [2.45, 2.75) is 26.8 Å². The predicted molar refractivity (Wildman–Crippen MR) is 94.9 cm³/mol. The average molecular weight is 342 g/mol. The quantitative estimate of drug-likeness (QED) is 0.683. The summed E-state index contributed by atoms with van der Waals surface area (Å²) in [5.74, 6) is 0.317. The molecule has 2 heterocycles. The molecule has 3 aromatic rings. The molecule has 0 spiro atoms. The van der Waals surface area contributed by atoms with Crippen LogP contribution in [0.3, 0.4) is 0 Å². The number of fused-ring (bicyclic) bond motifs is 1. The minimum Gasteiger partial charge on any atom is -0.465 e. The zero-order valence-corrected chi connectivity index (χ0v) is 14.6. The molecule has 0 bridgehead atoms. The van der Waals surface area contributed by atoms with Gasteiger partial charge in [0.1, 0.15) is 10.7 Å². The molecule has 0 amide bonds. The van der Waals surface area contributed by atoms with Gasteiger partial charge in [-0.05, 0) is 37.1 Å². The topological polar surface area (TPSA) is 61.2 Å². The molecule has 0 aliphatic heterocycles. The number of thiophene rings is 1. The van der Waals surface area contributed by atoms with E-state index < -0.39 is 0 Å². The first-order valence-corrected chi connectivity index (χ1v) is 8.52. The van der Waals surface area contributed by atoms with E-state index in [0.717, 1.165) is 21.7 Å². The summed E-state index contributed by atoms with van der Waals surface area (Å²) in [4.78, 5) is 30.8. The minimum absolute atomic E-state index is 0.0227. The second kappa shape index (κ2) is 6.57. The lowest BCUT2D eigenvalue weighted by atomic mass is 10.1. The van der Waals surface area contributed by atoms with E-state index >= 15 is 0 Å². The maximum atomic E-state index is 12.8. The number of rotatable bonds is 4. The van der Waals surface area contributed by atoms with Gasteiger partial charge in [-0.25, -0.2) is 9.78 Å².